The summed E-state index contributed by atoms with van der Waals surface area (Å²) in [5, 5.41) is 0.821. The van der Waals surface area contributed by atoms with E-state index in [2.05, 4.69) is 15.9 Å². The zero-order valence-corrected chi connectivity index (χ0v) is 13.1. The van der Waals surface area contributed by atoms with E-state index in [9.17, 15) is 4.79 Å². The number of benzene rings is 2. The lowest BCUT2D eigenvalue weighted by Gasteiger charge is -2.06. The van der Waals surface area contributed by atoms with E-state index in [1.165, 1.54) is 0 Å². The first-order chi connectivity index (χ1) is 9.08. The molecule has 0 bridgehead atoms. The Bertz CT molecular complexity index is 573. The van der Waals surface area contributed by atoms with Crippen LogP contribution in [0, 0.1) is 0 Å². The molecule has 0 aromatic heterocycles. The fourth-order valence-electron chi connectivity index (χ4n) is 1.80. The molecule has 1 nitrogen and oxygen atoms in total. The monoisotopic (exact) mass is 356 g/mol. The van der Waals surface area contributed by atoms with Gasteiger partial charge in [-0.05, 0) is 36.2 Å². The Morgan fingerprint density at radius 2 is 1.58 bits per heavy atom. The predicted molar refractivity (Wildman–Crippen MR) is 83.3 cm³/mol. The standard InChI is InChI=1S/C15H11BrCl2O/c16-11-7-4-10(5-8-11)6-9-14(19)15-12(17)2-1-3-13(15)18/h1-5,7-8H,6,9H2. The summed E-state index contributed by atoms with van der Waals surface area (Å²) in [6.45, 7) is 0. The lowest BCUT2D eigenvalue weighted by atomic mass is 10.0. The topological polar surface area (TPSA) is 17.1 Å². The van der Waals surface area contributed by atoms with E-state index < -0.39 is 0 Å². The molecule has 0 saturated heterocycles. The van der Waals surface area contributed by atoms with Crippen LogP contribution in [0.1, 0.15) is 22.3 Å². The number of hydrogen-bond acceptors (Lipinski definition) is 1. The second-order valence-electron chi connectivity index (χ2n) is 4.15. The molecule has 0 amide bonds. The molecule has 0 fully saturated rings. The number of carbonyl (C=O) groups excluding carboxylic acids is 1. The Labute approximate surface area is 130 Å². The Balaban J connectivity index is 2.07. The molecule has 0 heterocycles. The van der Waals surface area contributed by atoms with Crippen LogP contribution in [-0.2, 0) is 6.42 Å². The van der Waals surface area contributed by atoms with Crippen LogP contribution in [0.5, 0.6) is 0 Å². The van der Waals surface area contributed by atoms with Crippen molar-refractivity contribution in [3.05, 3.63) is 68.1 Å². The molecule has 0 unspecified atom stereocenters. The lowest BCUT2D eigenvalue weighted by Crippen LogP contribution is -2.03. The largest absolute Gasteiger partial charge is 0.294 e. The highest BCUT2D eigenvalue weighted by Gasteiger charge is 2.14. The van der Waals surface area contributed by atoms with Gasteiger partial charge in [-0.15, -0.1) is 0 Å². The maximum absolute atomic E-state index is 12.1. The zero-order valence-electron chi connectivity index (χ0n) is 10.00. The number of Topliss-reactive ketones (excluding diaryl/α,β-unsaturated/α-hetero) is 1. The molecular weight excluding hydrogens is 347 g/mol. The number of hydrogen-bond donors (Lipinski definition) is 0. The Morgan fingerprint density at radius 3 is 2.16 bits per heavy atom. The number of aryl methyl sites for hydroxylation is 1. The molecule has 0 atom stereocenters. The minimum absolute atomic E-state index is 0.0291. The molecule has 98 valence electrons. The van der Waals surface area contributed by atoms with Crippen molar-refractivity contribution in [2.75, 3.05) is 0 Å². The number of ketones is 1. The molecule has 4 heteroatoms. The van der Waals surface area contributed by atoms with Crippen molar-refractivity contribution >= 4 is 44.9 Å². The number of rotatable bonds is 4. The van der Waals surface area contributed by atoms with E-state index in [-0.39, 0.29) is 5.78 Å². The maximum Gasteiger partial charge on any atom is 0.166 e. The van der Waals surface area contributed by atoms with Crippen LogP contribution in [-0.4, -0.2) is 5.78 Å². The van der Waals surface area contributed by atoms with Crippen LogP contribution in [0.3, 0.4) is 0 Å². The molecule has 0 aliphatic carbocycles. The first kappa shape index (κ1) is 14.6. The second kappa shape index (κ2) is 6.56. The molecule has 0 saturated carbocycles. The van der Waals surface area contributed by atoms with Gasteiger partial charge < -0.3 is 0 Å². The summed E-state index contributed by atoms with van der Waals surface area (Å²) in [7, 11) is 0. The normalized spacial score (nSPS) is 10.5. The third kappa shape index (κ3) is 3.82. The summed E-state index contributed by atoms with van der Waals surface area (Å²) >= 11 is 15.4. The Morgan fingerprint density at radius 1 is 1.00 bits per heavy atom. The molecule has 0 spiro atoms. The highest BCUT2D eigenvalue weighted by atomic mass is 79.9. The first-order valence-corrected chi connectivity index (χ1v) is 7.34. The van der Waals surface area contributed by atoms with E-state index in [1.54, 1.807) is 18.2 Å². The molecule has 2 rings (SSSR count). The summed E-state index contributed by atoms with van der Waals surface area (Å²) in [4.78, 5) is 12.1. The highest BCUT2D eigenvalue weighted by molar-refractivity contribution is 9.10. The van der Waals surface area contributed by atoms with Gasteiger partial charge in [0.25, 0.3) is 0 Å². The van der Waals surface area contributed by atoms with Gasteiger partial charge in [0.2, 0.25) is 0 Å². The van der Waals surface area contributed by atoms with E-state index in [0.29, 0.717) is 28.5 Å². The van der Waals surface area contributed by atoms with Crippen molar-refractivity contribution in [1.82, 2.24) is 0 Å². The molecule has 0 aliphatic rings. The van der Waals surface area contributed by atoms with E-state index in [4.69, 9.17) is 23.2 Å². The van der Waals surface area contributed by atoms with E-state index in [1.807, 2.05) is 24.3 Å². The van der Waals surface area contributed by atoms with Gasteiger partial charge >= 0.3 is 0 Å². The molecule has 2 aromatic carbocycles. The predicted octanol–water partition coefficient (Wildman–Crippen LogP) is 5.57. The smallest absolute Gasteiger partial charge is 0.166 e. The minimum atomic E-state index is -0.0291. The quantitative estimate of drug-likeness (QED) is 0.653. The fraction of sp³-hybridized carbons (Fsp3) is 0.133. The van der Waals surface area contributed by atoms with Crippen molar-refractivity contribution in [2.24, 2.45) is 0 Å². The van der Waals surface area contributed by atoms with Crippen LogP contribution in [0.25, 0.3) is 0 Å². The summed E-state index contributed by atoms with van der Waals surface area (Å²) in [5.74, 6) is -0.0291. The maximum atomic E-state index is 12.1. The minimum Gasteiger partial charge on any atom is -0.294 e. The molecular formula is C15H11BrCl2O. The van der Waals surface area contributed by atoms with Crippen molar-refractivity contribution in [2.45, 2.75) is 12.8 Å². The molecule has 0 N–H and O–H groups in total. The third-order valence-electron chi connectivity index (χ3n) is 2.80. The van der Waals surface area contributed by atoms with E-state index in [0.717, 1.165) is 10.0 Å². The number of carbonyl (C=O) groups is 1. The SMILES string of the molecule is O=C(CCc1ccc(Br)cc1)c1c(Cl)cccc1Cl. The summed E-state index contributed by atoms with van der Waals surface area (Å²) in [6.07, 6.45) is 1.07. The van der Waals surface area contributed by atoms with Crippen LogP contribution in [0.2, 0.25) is 10.0 Å². The summed E-state index contributed by atoms with van der Waals surface area (Å²) < 4.78 is 1.02. The van der Waals surface area contributed by atoms with Gasteiger partial charge in [-0.25, -0.2) is 0 Å². The second-order valence-corrected chi connectivity index (χ2v) is 5.88. The van der Waals surface area contributed by atoms with Crippen LogP contribution < -0.4 is 0 Å². The Hall–Kier alpha value is -0.830. The first-order valence-electron chi connectivity index (χ1n) is 5.79. The van der Waals surface area contributed by atoms with Gasteiger partial charge in [-0.2, -0.15) is 0 Å². The van der Waals surface area contributed by atoms with Crippen LogP contribution in [0.15, 0.2) is 46.9 Å². The zero-order chi connectivity index (χ0) is 13.8. The van der Waals surface area contributed by atoms with Gasteiger partial charge in [0, 0.05) is 10.9 Å². The highest BCUT2D eigenvalue weighted by Crippen LogP contribution is 2.26. The van der Waals surface area contributed by atoms with Crippen molar-refractivity contribution in [1.29, 1.82) is 0 Å². The molecule has 0 aliphatic heterocycles. The molecule has 19 heavy (non-hydrogen) atoms. The van der Waals surface area contributed by atoms with Gasteiger partial charge in [-0.3, -0.25) is 4.79 Å². The summed E-state index contributed by atoms with van der Waals surface area (Å²) in [5.41, 5.74) is 1.53. The fourth-order valence-corrected chi connectivity index (χ4v) is 2.67. The van der Waals surface area contributed by atoms with E-state index >= 15 is 0 Å². The van der Waals surface area contributed by atoms with Crippen LogP contribution >= 0.6 is 39.1 Å². The third-order valence-corrected chi connectivity index (χ3v) is 3.95. The molecule has 2 aromatic rings. The van der Waals surface area contributed by atoms with Gasteiger partial charge in [-0.1, -0.05) is 57.3 Å². The van der Waals surface area contributed by atoms with Gasteiger partial charge in [0.05, 0.1) is 15.6 Å². The van der Waals surface area contributed by atoms with Crippen molar-refractivity contribution < 1.29 is 4.79 Å². The van der Waals surface area contributed by atoms with Gasteiger partial charge in [0.15, 0.2) is 5.78 Å². The lowest BCUT2D eigenvalue weighted by molar-refractivity contribution is 0.0983. The van der Waals surface area contributed by atoms with Crippen LogP contribution in [0.4, 0.5) is 0 Å². The van der Waals surface area contributed by atoms with Crippen molar-refractivity contribution in [3.63, 3.8) is 0 Å². The Kier molecular flexibility index (Phi) is 5.03. The van der Waals surface area contributed by atoms with Crippen molar-refractivity contribution in [3.8, 4) is 0 Å². The van der Waals surface area contributed by atoms with Gasteiger partial charge in [0.1, 0.15) is 0 Å². The number of halogens is 3. The average Bonchev–Trinajstić information content (AvgIpc) is 2.38. The summed E-state index contributed by atoms with van der Waals surface area (Å²) in [6, 6.07) is 13.0. The molecule has 0 radical (unpaired) electrons. The average molecular weight is 358 g/mol.